The number of anilines is 1. The minimum atomic E-state index is -0.482. The van der Waals surface area contributed by atoms with Crippen molar-refractivity contribution in [2.24, 2.45) is 0 Å². The van der Waals surface area contributed by atoms with Gasteiger partial charge in [-0.2, -0.15) is 0 Å². The largest absolute Gasteiger partial charge is 0.388 e. The number of rotatable bonds is 5. The molecule has 0 aliphatic rings. The van der Waals surface area contributed by atoms with Gasteiger partial charge in [0.2, 0.25) is 0 Å². The molecule has 0 spiro atoms. The second kappa shape index (κ2) is 6.99. The molecule has 140 valence electrons. The number of hydrogen-bond acceptors (Lipinski definition) is 5. The van der Waals surface area contributed by atoms with Crippen LogP contribution in [0.15, 0.2) is 71.7 Å². The Kier molecular flexibility index (Phi) is 4.36. The van der Waals surface area contributed by atoms with Gasteiger partial charge in [-0.1, -0.05) is 18.2 Å². The first-order chi connectivity index (χ1) is 13.6. The average molecular weight is 375 g/mol. The van der Waals surface area contributed by atoms with Crippen molar-refractivity contribution in [3.8, 4) is 5.69 Å². The summed E-state index contributed by atoms with van der Waals surface area (Å²) in [5.74, 6) is 0. The Morgan fingerprint density at radius 1 is 1.11 bits per heavy atom. The molecule has 0 amide bonds. The van der Waals surface area contributed by atoms with Crippen LogP contribution in [0.4, 0.5) is 11.4 Å². The fraction of sp³-hybridized carbons (Fsp3) is 0.100. The smallest absolute Gasteiger partial charge is 0.335 e. The standard InChI is InChI=1S/C20H17N5O3/c1-21-15-9-7-14(8-10-15)13-23-18-6-3-11-22-19(18)24(20(23)26)16-4-2-5-17(12-16)25(27)28/h2-12,21H,13H2,1H3. The summed E-state index contributed by atoms with van der Waals surface area (Å²) in [6, 6.07) is 17.4. The first kappa shape index (κ1) is 17.5. The number of nitro groups is 1. The fourth-order valence-electron chi connectivity index (χ4n) is 3.18. The minimum absolute atomic E-state index is 0.0797. The van der Waals surface area contributed by atoms with Gasteiger partial charge in [-0.15, -0.1) is 0 Å². The second-order valence-corrected chi connectivity index (χ2v) is 6.27. The molecule has 28 heavy (non-hydrogen) atoms. The summed E-state index contributed by atoms with van der Waals surface area (Å²) in [6.07, 6.45) is 1.60. The SMILES string of the molecule is CNc1ccc(Cn2c(=O)n(-c3cccc([N+](=O)[O-])c3)c3ncccc32)cc1. The first-order valence-corrected chi connectivity index (χ1v) is 8.66. The molecule has 0 fully saturated rings. The number of imidazole rings is 1. The highest BCUT2D eigenvalue weighted by Gasteiger charge is 2.17. The summed E-state index contributed by atoms with van der Waals surface area (Å²) < 4.78 is 3.03. The molecular weight excluding hydrogens is 358 g/mol. The highest BCUT2D eigenvalue weighted by molar-refractivity contribution is 5.74. The molecule has 8 nitrogen and oxygen atoms in total. The van der Waals surface area contributed by atoms with Crippen LogP contribution in [-0.4, -0.2) is 26.1 Å². The zero-order valence-electron chi connectivity index (χ0n) is 15.1. The van der Waals surface area contributed by atoms with E-state index in [1.54, 1.807) is 29.0 Å². The van der Waals surface area contributed by atoms with E-state index in [9.17, 15) is 14.9 Å². The van der Waals surface area contributed by atoms with Crippen LogP contribution in [0, 0.1) is 10.1 Å². The third kappa shape index (κ3) is 3.01. The Bertz CT molecular complexity index is 1220. The Hall–Kier alpha value is -3.94. The summed E-state index contributed by atoms with van der Waals surface area (Å²) in [5, 5.41) is 14.2. The van der Waals surface area contributed by atoms with Crippen LogP contribution in [0.5, 0.6) is 0 Å². The third-order valence-electron chi connectivity index (χ3n) is 4.57. The summed E-state index contributed by atoms with van der Waals surface area (Å²) in [4.78, 5) is 28.2. The van der Waals surface area contributed by atoms with Crippen LogP contribution in [0.25, 0.3) is 16.9 Å². The van der Waals surface area contributed by atoms with Crippen molar-refractivity contribution in [1.29, 1.82) is 0 Å². The van der Waals surface area contributed by atoms with Crippen molar-refractivity contribution in [2.45, 2.75) is 6.54 Å². The van der Waals surface area contributed by atoms with Gasteiger partial charge >= 0.3 is 5.69 Å². The van der Waals surface area contributed by atoms with E-state index >= 15 is 0 Å². The van der Waals surface area contributed by atoms with Gasteiger partial charge in [0.25, 0.3) is 5.69 Å². The monoisotopic (exact) mass is 375 g/mol. The van der Waals surface area contributed by atoms with E-state index in [1.807, 2.05) is 37.4 Å². The number of non-ortho nitro benzene ring substituents is 1. The van der Waals surface area contributed by atoms with E-state index in [4.69, 9.17) is 0 Å². The maximum Gasteiger partial charge on any atom is 0.335 e. The molecule has 0 unspecified atom stereocenters. The molecule has 2 aromatic carbocycles. The molecule has 8 heteroatoms. The van der Waals surface area contributed by atoms with Gasteiger partial charge < -0.3 is 5.32 Å². The van der Waals surface area contributed by atoms with Crippen molar-refractivity contribution >= 4 is 22.5 Å². The maximum absolute atomic E-state index is 13.2. The predicted molar refractivity (Wildman–Crippen MR) is 107 cm³/mol. The number of fused-ring (bicyclic) bond motifs is 1. The van der Waals surface area contributed by atoms with E-state index < -0.39 is 4.92 Å². The number of benzene rings is 2. The number of nitrogens with zero attached hydrogens (tertiary/aromatic N) is 4. The molecular formula is C20H17N5O3. The molecule has 0 radical (unpaired) electrons. The van der Waals surface area contributed by atoms with Gasteiger partial charge in [0.05, 0.1) is 22.7 Å². The van der Waals surface area contributed by atoms with Gasteiger partial charge in [-0.05, 0) is 35.9 Å². The Morgan fingerprint density at radius 2 is 1.89 bits per heavy atom. The normalized spacial score (nSPS) is 10.9. The Morgan fingerprint density at radius 3 is 2.61 bits per heavy atom. The van der Waals surface area contributed by atoms with Crippen LogP contribution in [0.2, 0.25) is 0 Å². The van der Waals surface area contributed by atoms with Crippen molar-refractivity contribution in [1.82, 2.24) is 14.1 Å². The molecule has 1 N–H and O–H groups in total. The van der Waals surface area contributed by atoms with Crippen LogP contribution in [0.1, 0.15) is 5.56 Å². The molecule has 0 bridgehead atoms. The number of nitro benzene ring substituents is 1. The van der Waals surface area contributed by atoms with E-state index in [-0.39, 0.29) is 11.4 Å². The fourth-order valence-corrected chi connectivity index (χ4v) is 3.18. The van der Waals surface area contributed by atoms with Gasteiger partial charge in [0, 0.05) is 31.1 Å². The van der Waals surface area contributed by atoms with Crippen LogP contribution in [0.3, 0.4) is 0 Å². The van der Waals surface area contributed by atoms with Crippen molar-refractivity contribution < 1.29 is 4.92 Å². The Balaban J connectivity index is 1.87. The summed E-state index contributed by atoms with van der Waals surface area (Å²) in [6.45, 7) is 0.368. The van der Waals surface area contributed by atoms with E-state index in [1.165, 1.54) is 16.7 Å². The number of nitrogens with one attached hydrogen (secondary N) is 1. The van der Waals surface area contributed by atoms with Gasteiger partial charge in [-0.25, -0.2) is 14.3 Å². The lowest BCUT2D eigenvalue weighted by molar-refractivity contribution is -0.384. The van der Waals surface area contributed by atoms with Crippen LogP contribution < -0.4 is 11.0 Å². The molecule has 0 saturated heterocycles. The lowest BCUT2D eigenvalue weighted by Gasteiger charge is -2.05. The molecule has 4 aromatic rings. The first-order valence-electron chi connectivity index (χ1n) is 8.66. The summed E-state index contributed by atoms with van der Waals surface area (Å²) in [5.41, 5.74) is 3.10. The number of hydrogen-bond donors (Lipinski definition) is 1. The highest BCUT2D eigenvalue weighted by Crippen LogP contribution is 2.20. The zero-order valence-corrected chi connectivity index (χ0v) is 15.1. The minimum Gasteiger partial charge on any atom is -0.388 e. The van der Waals surface area contributed by atoms with E-state index in [0.29, 0.717) is 23.4 Å². The lowest BCUT2D eigenvalue weighted by atomic mass is 10.2. The Labute approximate surface area is 159 Å². The van der Waals surface area contributed by atoms with Gasteiger partial charge in [0.15, 0.2) is 5.65 Å². The molecule has 0 aliphatic heterocycles. The zero-order chi connectivity index (χ0) is 19.7. The molecule has 0 aliphatic carbocycles. The quantitative estimate of drug-likeness (QED) is 0.427. The summed E-state index contributed by atoms with van der Waals surface area (Å²) >= 11 is 0. The second-order valence-electron chi connectivity index (χ2n) is 6.27. The maximum atomic E-state index is 13.2. The molecule has 2 aromatic heterocycles. The highest BCUT2D eigenvalue weighted by atomic mass is 16.6. The molecule has 0 atom stereocenters. The van der Waals surface area contributed by atoms with Crippen LogP contribution >= 0.6 is 0 Å². The van der Waals surface area contributed by atoms with E-state index in [2.05, 4.69) is 10.3 Å². The molecule has 2 heterocycles. The van der Waals surface area contributed by atoms with Crippen LogP contribution in [-0.2, 0) is 6.54 Å². The van der Waals surface area contributed by atoms with E-state index in [0.717, 1.165) is 11.3 Å². The topological polar surface area (TPSA) is 95.0 Å². The van der Waals surface area contributed by atoms with Gasteiger partial charge in [-0.3, -0.25) is 14.7 Å². The average Bonchev–Trinajstić information content (AvgIpc) is 3.00. The molecule has 4 rings (SSSR count). The predicted octanol–water partition coefficient (Wildman–Crippen LogP) is 3.19. The third-order valence-corrected chi connectivity index (χ3v) is 4.57. The van der Waals surface area contributed by atoms with Crippen molar-refractivity contribution in [3.05, 3.63) is 93.0 Å². The summed E-state index contributed by atoms with van der Waals surface area (Å²) in [7, 11) is 1.85. The van der Waals surface area contributed by atoms with Crippen molar-refractivity contribution in [3.63, 3.8) is 0 Å². The van der Waals surface area contributed by atoms with Gasteiger partial charge in [0.1, 0.15) is 0 Å². The lowest BCUT2D eigenvalue weighted by Crippen LogP contribution is -2.23. The number of pyridine rings is 1. The van der Waals surface area contributed by atoms with Crippen molar-refractivity contribution in [2.75, 3.05) is 12.4 Å². The number of aromatic nitrogens is 3. The molecule has 0 saturated carbocycles.